The predicted molar refractivity (Wildman–Crippen MR) is 87.5 cm³/mol. The number of H-pyrrole nitrogens is 1. The van der Waals surface area contributed by atoms with Crippen molar-refractivity contribution in [3.8, 4) is 11.4 Å². The Morgan fingerprint density at radius 3 is 1.95 bits per heavy atom. The molecule has 20 heavy (non-hydrogen) atoms. The molecule has 0 saturated heterocycles. The Kier molecular flexibility index (Phi) is 8.57. The van der Waals surface area contributed by atoms with Gasteiger partial charge in [0, 0.05) is 21.8 Å². The SMILES string of the molecule is CC.CC.Cc1nc(-c2ccc(Cl)cc2)[nH]c(=O)c1C. The molecule has 2 rings (SSSR count). The molecule has 0 radical (unpaired) electrons. The van der Waals surface area contributed by atoms with Crippen LogP contribution in [0.1, 0.15) is 39.0 Å². The lowest BCUT2D eigenvalue weighted by molar-refractivity contribution is 1.03. The summed E-state index contributed by atoms with van der Waals surface area (Å²) in [4.78, 5) is 18.7. The van der Waals surface area contributed by atoms with Crippen molar-refractivity contribution in [3.63, 3.8) is 0 Å². The van der Waals surface area contributed by atoms with E-state index < -0.39 is 0 Å². The predicted octanol–water partition coefficient (Wildman–Crippen LogP) is 4.76. The summed E-state index contributed by atoms with van der Waals surface area (Å²) >= 11 is 5.79. The summed E-state index contributed by atoms with van der Waals surface area (Å²) in [5.41, 5.74) is 2.15. The highest BCUT2D eigenvalue weighted by atomic mass is 35.5. The molecule has 0 aliphatic heterocycles. The van der Waals surface area contributed by atoms with Crippen LogP contribution in [0.4, 0.5) is 0 Å². The van der Waals surface area contributed by atoms with E-state index in [0.29, 0.717) is 16.4 Å². The van der Waals surface area contributed by atoms with E-state index in [2.05, 4.69) is 9.97 Å². The molecule has 0 saturated carbocycles. The number of rotatable bonds is 1. The molecule has 1 aromatic heterocycles. The summed E-state index contributed by atoms with van der Waals surface area (Å²) in [6.07, 6.45) is 0. The second kappa shape index (κ2) is 9.32. The Labute approximate surface area is 126 Å². The second-order valence-electron chi connectivity index (χ2n) is 3.63. The molecule has 4 heteroatoms. The van der Waals surface area contributed by atoms with Crippen LogP contribution in [0.2, 0.25) is 5.02 Å². The summed E-state index contributed by atoms with van der Waals surface area (Å²) in [5.74, 6) is 0.574. The zero-order valence-corrected chi connectivity index (χ0v) is 13.8. The minimum Gasteiger partial charge on any atom is -0.306 e. The van der Waals surface area contributed by atoms with Crippen LogP contribution >= 0.6 is 11.6 Å². The van der Waals surface area contributed by atoms with Gasteiger partial charge in [-0.3, -0.25) is 4.79 Å². The molecule has 0 aliphatic rings. The van der Waals surface area contributed by atoms with Crippen LogP contribution in [-0.2, 0) is 0 Å². The summed E-state index contributed by atoms with van der Waals surface area (Å²) in [7, 11) is 0. The molecule has 0 aliphatic carbocycles. The number of hydrogen-bond donors (Lipinski definition) is 1. The third-order valence-corrected chi connectivity index (χ3v) is 2.76. The maximum atomic E-state index is 11.6. The lowest BCUT2D eigenvalue weighted by Gasteiger charge is -2.04. The molecular weight excluding hydrogens is 272 g/mol. The van der Waals surface area contributed by atoms with Crippen molar-refractivity contribution in [2.24, 2.45) is 0 Å². The smallest absolute Gasteiger partial charge is 0.254 e. The van der Waals surface area contributed by atoms with E-state index in [4.69, 9.17) is 11.6 Å². The van der Waals surface area contributed by atoms with Crippen LogP contribution in [0, 0.1) is 13.8 Å². The van der Waals surface area contributed by atoms with Gasteiger partial charge in [-0.2, -0.15) is 0 Å². The standard InChI is InChI=1S/C12H11ClN2O.2C2H6/c1-7-8(2)14-11(15-12(7)16)9-3-5-10(13)6-4-9;2*1-2/h3-6H,1-2H3,(H,14,15,16);2*1-2H3. The molecule has 0 spiro atoms. The monoisotopic (exact) mass is 294 g/mol. The topological polar surface area (TPSA) is 45.8 Å². The number of hydrogen-bond acceptors (Lipinski definition) is 2. The molecule has 2 aromatic rings. The van der Waals surface area contributed by atoms with E-state index in [1.165, 1.54) is 0 Å². The minimum absolute atomic E-state index is 0.0996. The quantitative estimate of drug-likeness (QED) is 0.824. The molecule has 1 N–H and O–H groups in total. The number of nitrogens with one attached hydrogen (secondary N) is 1. The first-order chi connectivity index (χ1) is 9.58. The van der Waals surface area contributed by atoms with E-state index in [9.17, 15) is 4.79 Å². The van der Waals surface area contributed by atoms with Crippen molar-refractivity contribution in [2.75, 3.05) is 0 Å². The largest absolute Gasteiger partial charge is 0.306 e. The van der Waals surface area contributed by atoms with Gasteiger partial charge in [0.15, 0.2) is 0 Å². The molecule has 3 nitrogen and oxygen atoms in total. The summed E-state index contributed by atoms with van der Waals surface area (Å²) < 4.78 is 0. The molecule has 0 amide bonds. The highest BCUT2D eigenvalue weighted by molar-refractivity contribution is 6.30. The number of nitrogens with zero attached hydrogens (tertiary/aromatic N) is 1. The average molecular weight is 295 g/mol. The first-order valence-electron chi connectivity index (χ1n) is 6.91. The van der Waals surface area contributed by atoms with E-state index in [0.717, 1.165) is 11.3 Å². The molecule has 0 atom stereocenters. The molecule has 1 heterocycles. The highest BCUT2D eigenvalue weighted by Crippen LogP contribution is 2.17. The van der Waals surface area contributed by atoms with Crippen molar-refractivity contribution in [1.29, 1.82) is 0 Å². The van der Waals surface area contributed by atoms with Crippen LogP contribution in [0.5, 0.6) is 0 Å². The fourth-order valence-corrected chi connectivity index (χ4v) is 1.52. The van der Waals surface area contributed by atoms with Crippen molar-refractivity contribution < 1.29 is 0 Å². The van der Waals surface area contributed by atoms with Crippen LogP contribution in [0.25, 0.3) is 11.4 Å². The first-order valence-corrected chi connectivity index (χ1v) is 7.29. The van der Waals surface area contributed by atoms with Crippen molar-refractivity contribution in [2.45, 2.75) is 41.5 Å². The van der Waals surface area contributed by atoms with Gasteiger partial charge in [0.2, 0.25) is 0 Å². The third kappa shape index (κ3) is 4.82. The summed E-state index contributed by atoms with van der Waals surface area (Å²) in [6.45, 7) is 11.6. The molecule has 0 bridgehead atoms. The highest BCUT2D eigenvalue weighted by Gasteiger charge is 2.05. The lowest BCUT2D eigenvalue weighted by atomic mass is 10.2. The normalized spacial score (nSPS) is 8.95. The summed E-state index contributed by atoms with van der Waals surface area (Å²) in [6, 6.07) is 7.20. The number of aromatic amines is 1. The van der Waals surface area contributed by atoms with Gasteiger partial charge in [0.25, 0.3) is 5.56 Å². The van der Waals surface area contributed by atoms with Crippen LogP contribution in [0.15, 0.2) is 29.1 Å². The Hall–Kier alpha value is -1.61. The van der Waals surface area contributed by atoms with Crippen LogP contribution < -0.4 is 5.56 Å². The van der Waals surface area contributed by atoms with Gasteiger partial charge in [0.1, 0.15) is 5.82 Å². The van der Waals surface area contributed by atoms with Crippen LogP contribution in [0.3, 0.4) is 0 Å². The van der Waals surface area contributed by atoms with Gasteiger partial charge in [-0.25, -0.2) is 4.98 Å². The second-order valence-corrected chi connectivity index (χ2v) is 4.07. The average Bonchev–Trinajstić information content (AvgIpc) is 2.49. The van der Waals surface area contributed by atoms with Gasteiger partial charge in [-0.15, -0.1) is 0 Å². The molecular formula is C16H23ClN2O. The Bertz CT molecular complexity index is 574. The third-order valence-electron chi connectivity index (χ3n) is 2.51. The Morgan fingerprint density at radius 1 is 1.00 bits per heavy atom. The van der Waals surface area contributed by atoms with Gasteiger partial charge in [-0.05, 0) is 38.1 Å². The summed E-state index contributed by atoms with van der Waals surface area (Å²) in [5, 5.41) is 0.662. The number of benzene rings is 1. The molecule has 110 valence electrons. The zero-order valence-electron chi connectivity index (χ0n) is 13.0. The first kappa shape index (κ1) is 18.4. The van der Waals surface area contributed by atoms with E-state index in [1.807, 2.05) is 46.8 Å². The maximum absolute atomic E-state index is 11.6. The Morgan fingerprint density at radius 2 is 1.50 bits per heavy atom. The number of halogens is 1. The minimum atomic E-state index is -0.0996. The molecule has 1 aromatic carbocycles. The fourth-order valence-electron chi connectivity index (χ4n) is 1.39. The van der Waals surface area contributed by atoms with Gasteiger partial charge < -0.3 is 4.98 Å². The molecule has 0 unspecified atom stereocenters. The van der Waals surface area contributed by atoms with E-state index in [-0.39, 0.29) is 5.56 Å². The fraction of sp³-hybridized carbons (Fsp3) is 0.375. The van der Waals surface area contributed by atoms with Gasteiger partial charge in [-0.1, -0.05) is 39.3 Å². The van der Waals surface area contributed by atoms with E-state index >= 15 is 0 Å². The lowest BCUT2D eigenvalue weighted by Crippen LogP contribution is -2.14. The zero-order chi connectivity index (χ0) is 15.7. The molecule has 0 fully saturated rings. The maximum Gasteiger partial charge on any atom is 0.254 e. The number of aromatic nitrogens is 2. The van der Waals surface area contributed by atoms with Crippen molar-refractivity contribution >= 4 is 11.6 Å². The Balaban J connectivity index is 0.000000829. The van der Waals surface area contributed by atoms with Gasteiger partial charge >= 0.3 is 0 Å². The number of aryl methyl sites for hydroxylation is 1. The van der Waals surface area contributed by atoms with Gasteiger partial charge in [0.05, 0.1) is 0 Å². The van der Waals surface area contributed by atoms with Crippen molar-refractivity contribution in [1.82, 2.24) is 9.97 Å². The van der Waals surface area contributed by atoms with Crippen molar-refractivity contribution in [3.05, 3.63) is 50.9 Å². The van der Waals surface area contributed by atoms with Crippen LogP contribution in [-0.4, -0.2) is 9.97 Å². The van der Waals surface area contributed by atoms with E-state index in [1.54, 1.807) is 19.1 Å².